The van der Waals surface area contributed by atoms with Gasteiger partial charge in [0.2, 0.25) is 0 Å². The van der Waals surface area contributed by atoms with E-state index in [-0.39, 0.29) is 11.6 Å². The summed E-state index contributed by atoms with van der Waals surface area (Å²) < 4.78 is 24.3. The van der Waals surface area contributed by atoms with Crippen LogP contribution in [0.15, 0.2) is 102 Å². The molecule has 6 rings (SSSR count). The van der Waals surface area contributed by atoms with Gasteiger partial charge in [-0.05, 0) is 39.8 Å². The molecule has 1 fully saturated rings. The van der Waals surface area contributed by atoms with E-state index in [1.54, 1.807) is 0 Å². The molecule has 2 heterocycles. The summed E-state index contributed by atoms with van der Waals surface area (Å²) in [5.74, 6) is 1.13. The van der Waals surface area contributed by atoms with Gasteiger partial charge in [-0.2, -0.15) is 0 Å². The van der Waals surface area contributed by atoms with Crippen molar-refractivity contribution in [3.63, 3.8) is 0 Å². The fraction of sp³-hybridized carbons (Fsp3) is 0.263. The Morgan fingerprint density at radius 3 is 2.02 bits per heavy atom. The van der Waals surface area contributed by atoms with E-state index in [1.807, 2.05) is 84.9 Å². The minimum absolute atomic E-state index is 0.0699. The van der Waals surface area contributed by atoms with Crippen LogP contribution in [0, 0.1) is 0 Å². The van der Waals surface area contributed by atoms with Crippen molar-refractivity contribution >= 4 is 5.91 Å². The highest BCUT2D eigenvalue weighted by Crippen LogP contribution is 2.44. The first-order valence-electron chi connectivity index (χ1n) is 15.7. The molecule has 8 heteroatoms. The van der Waals surface area contributed by atoms with E-state index >= 15 is 0 Å². The quantitative estimate of drug-likeness (QED) is 0.158. The number of morpholine rings is 1. The molecule has 0 atom stereocenters. The van der Waals surface area contributed by atoms with Crippen molar-refractivity contribution in [3.8, 4) is 33.9 Å². The standard InChI is InChI=1S/C38H39N3O5/c1-26(2)31-21-32(34(45-25-29-11-7-4-8-12-29)22-33(31)44-24-28-9-5-3-6-10-28)37-35(36(38(39)42)40-46-37)30-15-13-27(14-16-30)23-41-17-19-43-20-18-41/h3-16,21-22,26H,17-20,23-25H2,1-2H3,(H2,39,42). The van der Waals surface area contributed by atoms with Gasteiger partial charge in [0.25, 0.3) is 5.91 Å². The third kappa shape index (κ3) is 7.30. The van der Waals surface area contributed by atoms with Crippen LogP contribution in [-0.4, -0.2) is 42.3 Å². The first-order chi connectivity index (χ1) is 22.5. The zero-order valence-corrected chi connectivity index (χ0v) is 26.3. The molecule has 0 spiro atoms. The lowest BCUT2D eigenvalue weighted by atomic mass is 9.93. The van der Waals surface area contributed by atoms with Crippen molar-refractivity contribution in [2.45, 2.75) is 39.5 Å². The average molecular weight is 618 g/mol. The predicted octanol–water partition coefficient (Wildman–Crippen LogP) is 7.22. The van der Waals surface area contributed by atoms with Gasteiger partial charge in [0.15, 0.2) is 11.5 Å². The van der Waals surface area contributed by atoms with E-state index in [0.29, 0.717) is 41.6 Å². The highest BCUT2D eigenvalue weighted by atomic mass is 16.5. The van der Waals surface area contributed by atoms with Gasteiger partial charge in [-0.15, -0.1) is 0 Å². The SMILES string of the molecule is CC(C)c1cc(-c2onc(C(N)=O)c2-c2ccc(CN3CCOCC3)cc2)c(OCc2ccccc2)cc1OCc1ccccc1. The predicted molar refractivity (Wildman–Crippen MR) is 178 cm³/mol. The van der Waals surface area contributed by atoms with E-state index in [1.165, 1.54) is 0 Å². The molecule has 1 aliphatic heterocycles. The molecule has 0 radical (unpaired) electrons. The zero-order chi connectivity index (χ0) is 31.9. The topological polar surface area (TPSA) is 100 Å². The fourth-order valence-electron chi connectivity index (χ4n) is 5.63. The molecule has 8 nitrogen and oxygen atoms in total. The Morgan fingerprint density at radius 2 is 1.43 bits per heavy atom. The Balaban J connectivity index is 1.41. The van der Waals surface area contributed by atoms with E-state index in [2.05, 4.69) is 36.0 Å². The number of carbonyl (C=O) groups is 1. The molecule has 1 amide bonds. The second-order valence-corrected chi connectivity index (χ2v) is 11.8. The molecule has 0 unspecified atom stereocenters. The number of primary amides is 1. The average Bonchev–Trinajstić information content (AvgIpc) is 3.53. The number of ether oxygens (including phenoxy) is 3. The fourth-order valence-corrected chi connectivity index (χ4v) is 5.63. The number of carbonyl (C=O) groups excluding carboxylic acids is 1. The monoisotopic (exact) mass is 617 g/mol. The second-order valence-electron chi connectivity index (χ2n) is 11.8. The van der Waals surface area contributed by atoms with Gasteiger partial charge >= 0.3 is 0 Å². The van der Waals surface area contributed by atoms with Crippen molar-refractivity contribution in [3.05, 3.63) is 125 Å². The summed E-state index contributed by atoms with van der Waals surface area (Å²) in [6, 6.07) is 32.1. The minimum Gasteiger partial charge on any atom is -0.488 e. The van der Waals surface area contributed by atoms with Crippen molar-refractivity contribution in [2.75, 3.05) is 26.3 Å². The third-order valence-corrected chi connectivity index (χ3v) is 8.13. The molecule has 4 aromatic carbocycles. The normalized spacial score (nSPS) is 13.5. The number of aromatic nitrogens is 1. The van der Waals surface area contributed by atoms with Crippen LogP contribution in [-0.2, 0) is 24.5 Å². The Bertz CT molecular complexity index is 1750. The van der Waals surface area contributed by atoms with Gasteiger partial charge in [0, 0.05) is 25.7 Å². The van der Waals surface area contributed by atoms with Crippen LogP contribution in [0.5, 0.6) is 11.5 Å². The van der Waals surface area contributed by atoms with Gasteiger partial charge in [-0.3, -0.25) is 9.69 Å². The summed E-state index contributed by atoms with van der Waals surface area (Å²) in [6.07, 6.45) is 0. The maximum absolute atomic E-state index is 12.6. The Hall–Kier alpha value is -4.92. The van der Waals surface area contributed by atoms with Crippen molar-refractivity contribution < 1.29 is 23.5 Å². The number of nitrogens with two attached hydrogens (primary N) is 1. The molecule has 1 aliphatic rings. The Morgan fingerprint density at radius 1 is 0.826 bits per heavy atom. The third-order valence-electron chi connectivity index (χ3n) is 8.13. The molecule has 0 aliphatic carbocycles. The van der Waals surface area contributed by atoms with Crippen molar-refractivity contribution in [1.82, 2.24) is 10.1 Å². The lowest BCUT2D eigenvalue weighted by Crippen LogP contribution is -2.35. The molecule has 2 N–H and O–H groups in total. The van der Waals surface area contributed by atoms with E-state index in [0.717, 1.165) is 60.7 Å². The highest BCUT2D eigenvalue weighted by molar-refractivity contribution is 6.01. The molecule has 236 valence electrons. The van der Waals surface area contributed by atoms with Crippen LogP contribution in [0.2, 0.25) is 0 Å². The summed E-state index contributed by atoms with van der Waals surface area (Å²) in [7, 11) is 0. The van der Waals surface area contributed by atoms with Gasteiger partial charge < -0.3 is 24.5 Å². The summed E-state index contributed by atoms with van der Waals surface area (Å²) in [4.78, 5) is 15.0. The first kappa shape index (κ1) is 31.1. The highest BCUT2D eigenvalue weighted by Gasteiger charge is 2.27. The van der Waals surface area contributed by atoms with E-state index in [9.17, 15) is 4.79 Å². The maximum atomic E-state index is 12.6. The van der Waals surface area contributed by atoms with Gasteiger partial charge in [-0.1, -0.05) is 104 Å². The van der Waals surface area contributed by atoms with Gasteiger partial charge in [-0.25, -0.2) is 0 Å². The second kappa shape index (κ2) is 14.5. The summed E-state index contributed by atoms with van der Waals surface area (Å²) in [6.45, 7) is 9.08. The molecule has 5 aromatic rings. The van der Waals surface area contributed by atoms with Crippen LogP contribution >= 0.6 is 0 Å². The lowest BCUT2D eigenvalue weighted by molar-refractivity contribution is 0.0342. The Kier molecular flexibility index (Phi) is 9.76. The van der Waals surface area contributed by atoms with Crippen molar-refractivity contribution in [1.29, 1.82) is 0 Å². The van der Waals surface area contributed by atoms with Crippen LogP contribution in [0.4, 0.5) is 0 Å². The smallest absolute Gasteiger partial charge is 0.271 e. The summed E-state index contributed by atoms with van der Waals surface area (Å²) >= 11 is 0. The largest absolute Gasteiger partial charge is 0.488 e. The van der Waals surface area contributed by atoms with Crippen LogP contribution in [0.3, 0.4) is 0 Å². The van der Waals surface area contributed by atoms with Crippen LogP contribution in [0.25, 0.3) is 22.5 Å². The molecule has 1 aromatic heterocycles. The van der Waals surface area contributed by atoms with Gasteiger partial charge in [0.1, 0.15) is 24.7 Å². The van der Waals surface area contributed by atoms with E-state index in [4.69, 9.17) is 24.5 Å². The number of amides is 1. The summed E-state index contributed by atoms with van der Waals surface area (Å²) in [5.41, 5.74) is 12.1. The molecule has 0 saturated carbocycles. The molecule has 0 bridgehead atoms. The van der Waals surface area contributed by atoms with Crippen LogP contribution in [0.1, 0.15) is 52.5 Å². The molecular formula is C38H39N3O5. The minimum atomic E-state index is -0.666. The van der Waals surface area contributed by atoms with Crippen molar-refractivity contribution in [2.24, 2.45) is 5.73 Å². The number of benzene rings is 4. The number of hydrogen-bond donors (Lipinski definition) is 1. The Labute approximate surface area is 269 Å². The molecule has 46 heavy (non-hydrogen) atoms. The summed E-state index contributed by atoms with van der Waals surface area (Å²) in [5, 5.41) is 4.16. The maximum Gasteiger partial charge on any atom is 0.271 e. The number of rotatable bonds is 12. The zero-order valence-electron chi connectivity index (χ0n) is 26.3. The molecular weight excluding hydrogens is 578 g/mol. The van der Waals surface area contributed by atoms with E-state index < -0.39 is 5.91 Å². The van der Waals surface area contributed by atoms with Gasteiger partial charge in [0.05, 0.1) is 24.3 Å². The lowest BCUT2D eigenvalue weighted by Gasteiger charge is -2.26. The molecule has 1 saturated heterocycles. The number of hydrogen-bond acceptors (Lipinski definition) is 7. The van der Waals surface area contributed by atoms with Crippen LogP contribution < -0.4 is 15.2 Å². The number of nitrogens with zero attached hydrogens (tertiary/aromatic N) is 2. The first-order valence-corrected chi connectivity index (χ1v) is 15.7.